The van der Waals surface area contributed by atoms with Crippen LogP contribution in [-0.4, -0.2) is 38.3 Å². The van der Waals surface area contributed by atoms with Gasteiger partial charge in [-0.3, -0.25) is 4.79 Å². The molecular weight excluding hydrogens is 376 g/mol. The van der Waals surface area contributed by atoms with Gasteiger partial charge in [-0.15, -0.1) is 0 Å². The smallest absolute Gasteiger partial charge is 0.255 e. The third-order valence-electron chi connectivity index (χ3n) is 4.42. The van der Waals surface area contributed by atoms with E-state index in [9.17, 15) is 13.2 Å². The summed E-state index contributed by atoms with van der Waals surface area (Å²) < 4.78 is 32.2. The predicted octanol–water partition coefficient (Wildman–Crippen LogP) is 4.07. The molecule has 0 aliphatic heterocycles. The number of sulfonamides is 1. The molecule has 0 aliphatic rings. The second kappa shape index (κ2) is 9.21. The summed E-state index contributed by atoms with van der Waals surface area (Å²) in [7, 11) is -2.13. The van der Waals surface area contributed by atoms with E-state index in [1.54, 1.807) is 38.1 Å². The maximum atomic E-state index is 12.7. The van der Waals surface area contributed by atoms with Crippen LogP contribution in [0.4, 0.5) is 5.69 Å². The molecule has 0 bridgehead atoms. The van der Waals surface area contributed by atoms with Crippen molar-refractivity contribution in [2.24, 2.45) is 0 Å². The standard InChI is InChI=1S/C21H28N2O4S/c1-6-12-27-18-10-11-20(16(4)13-18)22-21(24)17-8-7-9-19(14-17)28(25,26)23(5)15(2)3/h7-11,13-15H,6,12H2,1-5H3,(H,22,24). The van der Waals surface area contributed by atoms with Crippen LogP contribution in [0, 0.1) is 6.92 Å². The van der Waals surface area contributed by atoms with E-state index >= 15 is 0 Å². The van der Waals surface area contributed by atoms with Crippen LogP contribution in [-0.2, 0) is 10.0 Å². The summed E-state index contributed by atoms with van der Waals surface area (Å²) in [6.45, 7) is 8.15. The molecule has 0 atom stereocenters. The fraction of sp³-hybridized carbons (Fsp3) is 0.381. The third-order valence-corrected chi connectivity index (χ3v) is 6.45. The first-order valence-electron chi connectivity index (χ1n) is 9.29. The minimum Gasteiger partial charge on any atom is -0.494 e. The molecule has 2 aromatic rings. The zero-order valence-corrected chi connectivity index (χ0v) is 17.8. The van der Waals surface area contributed by atoms with E-state index in [1.807, 2.05) is 19.9 Å². The van der Waals surface area contributed by atoms with Gasteiger partial charge in [-0.1, -0.05) is 13.0 Å². The van der Waals surface area contributed by atoms with Gasteiger partial charge in [0.25, 0.3) is 5.91 Å². The van der Waals surface area contributed by atoms with E-state index in [4.69, 9.17) is 4.74 Å². The van der Waals surface area contributed by atoms with E-state index in [2.05, 4.69) is 5.32 Å². The average molecular weight is 405 g/mol. The Morgan fingerprint density at radius 1 is 1.18 bits per heavy atom. The molecule has 0 aliphatic carbocycles. The molecule has 152 valence electrons. The summed E-state index contributed by atoms with van der Waals surface area (Å²) in [5, 5.41) is 2.84. The van der Waals surface area contributed by atoms with Gasteiger partial charge in [0.1, 0.15) is 5.75 Å². The van der Waals surface area contributed by atoms with Gasteiger partial charge >= 0.3 is 0 Å². The first-order chi connectivity index (χ1) is 13.2. The molecule has 0 saturated carbocycles. The number of hydrogen-bond acceptors (Lipinski definition) is 4. The van der Waals surface area contributed by atoms with Crippen molar-refractivity contribution < 1.29 is 17.9 Å². The molecule has 0 spiro atoms. The lowest BCUT2D eigenvalue weighted by atomic mass is 10.1. The van der Waals surface area contributed by atoms with Crippen molar-refractivity contribution >= 4 is 21.6 Å². The van der Waals surface area contributed by atoms with Crippen molar-refractivity contribution in [1.29, 1.82) is 0 Å². The second-order valence-electron chi connectivity index (χ2n) is 6.92. The predicted molar refractivity (Wildman–Crippen MR) is 111 cm³/mol. The number of benzene rings is 2. The Balaban J connectivity index is 2.22. The summed E-state index contributed by atoms with van der Waals surface area (Å²) in [4.78, 5) is 12.7. The van der Waals surface area contributed by atoms with Crippen LogP contribution in [0.15, 0.2) is 47.4 Å². The largest absolute Gasteiger partial charge is 0.494 e. The highest BCUT2D eigenvalue weighted by atomic mass is 32.2. The summed E-state index contributed by atoms with van der Waals surface area (Å²) >= 11 is 0. The molecule has 0 heterocycles. The molecule has 0 radical (unpaired) electrons. The molecule has 28 heavy (non-hydrogen) atoms. The van der Waals surface area contributed by atoms with Crippen molar-refractivity contribution in [3.63, 3.8) is 0 Å². The summed E-state index contributed by atoms with van der Waals surface area (Å²) in [5.41, 5.74) is 1.80. The zero-order chi connectivity index (χ0) is 20.9. The molecule has 1 N–H and O–H groups in total. The lowest BCUT2D eigenvalue weighted by Crippen LogP contribution is -2.33. The van der Waals surface area contributed by atoms with Crippen molar-refractivity contribution in [2.45, 2.75) is 45.1 Å². The number of hydrogen-bond donors (Lipinski definition) is 1. The first kappa shape index (κ1) is 21.9. The fourth-order valence-corrected chi connectivity index (χ4v) is 3.94. The summed E-state index contributed by atoms with van der Waals surface area (Å²) in [6, 6.07) is 11.3. The van der Waals surface area contributed by atoms with E-state index < -0.39 is 10.0 Å². The minimum atomic E-state index is -3.65. The Bertz CT molecular complexity index is 939. The number of amides is 1. The normalized spacial score (nSPS) is 11.7. The van der Waals surface area contributed by atoms with Gasteiger partial charge in [-0.25, -0.2) is 8.42 Å². The van der Waals surface area contributed by atoms with Crippen molar-refractivity contribution in [3.8, 4) is 5.75 Å². The Labute approximate surface area is 167 Å². The summed E-state index contributed by atoms with van der Waals surface area (Å²) in [6.07, 6.45) is 0.919. The van der Waals surface area contributed by atoms with Crippen LogP contribution < -0.4 is 10.1 Å². The highest BCUT2D eigenvalue weighted by molar-refractivity contribution is 7.89. The number of ether oxygens (including phenoxy) is 1. The topological polar surface area (TPSA) is 75.7 Å². The molecule has 0 saturated heterocycles. The van der Waals surface area contributed by atoms with Gasteiger partial charge in [-0.05, 0) is 69.2 Å². The zero-order valence-electron chi connectivity index (χ0n) is 17.0. The summed E-state index contributed by atoms with van der Waals surface area (Å²) in [5.74, 6) is 0.386. The number of carbonyl (C=O) groups excluding carboxylic acids is 1. The monoisotopic (exact) mass is 404 g/mol. The second-order valence-corrected chi connectivity index (χ2v) is 8.92. The molecule has 2 aromatic carbocycles. The maximum absolute atomic E-state index is 12.7. The highest BCUT2D eigenvalue weighted by Gasteiger charge is 2.24. The Hall–Kier alpha value is -2.38. The van der Waals surface area contributed by atoms with Gasteiger partial charge in [0.2, 0.25) is 10.0 Å². The molecule has 2 rings (SSSR count). The Kier molecular flexibility index (Phi) is 7.21. The molecule has 0 aromatic heterocycles. The molecule has 7 heteroatoms. The number of rotatable bonds is 8. The van der Waals surface area contributed by atoms with Crippen LogP contribution >= 0.6 is 0 Å². The van der Waals surface area contributed by atoms with Crippen LogP contribution in [0.5, 0.6) is 5.75 Å². The molecule has 0 unspecified atom stereocenters. The number of aryl methyl sites for hydroxylation is 1. The first-order valence-corrected chi connectivity index (χ1v) is 10.7. The lowest BCUT2D eigenvalue weighted by Gasteiger charge is -2.21. The molecule has 0 fully saturated rings. The van der Waals surface area contributed by atoms with Crippen LogP contribution in [0.25, 0.3) is 0 Å². The van der Waals surface area contributed by atoms with E-state index in [0.29, 0.717) is 12.3 Å². The van der Waals surface area contributed by atoms with Crippen molar-refractivity contribution in [2.75, 3.05) is 19.0 Å². The van der Waals surface area contributed by atoms with Crippen molar-refractivity contribution in [1.82, 2.24) is 4.31 Å². The van der Waals surface area contributed by atoms with Gasteiger partial charge in [0.15, 0.2) is 0 Å². The SMILES string of the molecule is CCCOc1ccc(NC(=O)c2cccc(S(=O)(=O)N(C)C(C)C)c2)c(C)c1. The van der Waals surface area contributed by atoms with E-state index in [-0.39, 0.29) is 22.4 Å². The van der Waals surface area contributed by atoms with Gasteiger partial charge in [0, 0.05) is 24.3 Å². The van der Waals surface area contributed by atoms with Crippen molar-refractivity contribution in [3.05, 3.63) is 53.6 Å². The number of nitrogens with zero attached hydrogens (tertiary/aromatic N) is 1. The average Bonchev–Trinajstić information content (AvgIpc) is 2.67. The third kappa shape index (κ3) is 5.11. The molecule has 6 nitrogen and oxygen atoms in total. The van der Waals surface area contributed by atoms with Gasteiger partial charge in [-0.2, -0.15) is 4.31 Å². The highest BCUT2D eigenvalue weighted by Crippen LogP contribution is 2.23. The lowest BCUT2D eigenvalue weighted by molar-refractivity contribution is 0.102. The van der Waals surface area contributed by atoms with E-state index in [1.165, 1.54) is 23.5 Å². The van der Waals surface area contributed by atoms with Gasteiger partial charge < -0.3 is 10.1 Å². The maximum Gasteiger partial charge on any atom is 0.255 e. The quantitative estimate of drug-likeness (QED) is 0.720. The number of anilines is 1. The minimum absolute atomic E-state index is 0.0939. The van der Waals surface area contributed by atoms with Crippen LogP contribution in [0.3, 0.4) is 0 Å². The Morgan fingerprint density at radius 2 is 1.89 bits per heavy atom. The van der Waals surface area contributed by atoms with Crippen LogP contribution in [0.1, 0.15) is 43.1 Å². The Morgan fingerprint density at radius 3 is 2.50 bits per heavy atom. The molecular formula is C21H28N2O4S. The number of carbonyl (C=O) groups is 1. The molecule has 1 amide bonds. The fourth-order valence-electron chi connectivity index (χ4n) is 2.52. The van der Waals surface area contributed by atoms with Crippen LogP contribution in [0.2, 0.25) is 0 Å². The number of nitrogens with one attached hydrogen (secondary N) is 1. The van der Waals surface area contributed by atoms with Gasteiger partial charge in [0.05, 0.1) is 11.5 Å². The van der Waals surface area contributed by atoms with E-state index in [0.717, 1.165) is 17.7 Å².